The highest BCUT2D eigenvalue weighted by atomic mass is 15.3. The summed E-state index contributed by atoms with van der Waals surface area (Å²) >= 11 is 0. The number of rotatable bonds is 1. The third-order valence-corrected chi connectivity index (χ3v) is 4.09. The summed E-state index contributed by atoms with van der Waals surface area (Å²) in [6.07, 6.45) is 1.95. The van der Waals surface area contributed by atoms with E-state index < -0.39 is 0 Å². The van der Waals surface area contributed by atoms with E-state index in [0.29, 0.717) is 5.82 Å². The molecule has 4 rings (SSSR count). The minimum Gasteiger partial charge on any atom is -0.383 e. The summed E-state index contributed by atoms with van der Waals surface area (Å²) in [6, 6.07) is 8.42. The van der Waals surface area contributed by atoms with Crippen LogP contribution >= 0.6 is 0 Å². The number of nitrogen functional groups attached to an aromatic ring is 1. The van der Waals surface area contributed by atoms with Crippen molar-refractivity contribution in [1.82, 2.24) is 15.3 Å². The molecule has 0 saturated heterocycles. The van der Waals surface area contributed by atoms with E-state index in [1.807, 2.05) is 0 Å². The van der Waals surface area contributed by atoms with Gasteiger partial charge in [-0.2, -0.15) is 4.98 Å². The van der Waals surface area contributed by atoms with Gasteiger partial charge in [0.1, 0.15) is 5.82 Å². The molecule has 3 heterocycles. The molecule has 2 aromatic rings. The van der Waals surface area contributed by atoms with Gasteiger partial charge in [-0.25, -0.2) is 4.98 Å². The van der Waals surface area contributed by atoms with Crippen molar-refractivity contribution in [1.29, 1.82) is 0 Å². The molecule has 1 aromatic heterocycles. The number of nitrogens with zero attached hydrogens (tertiary/aromatic N) is 3. The van der Waals surface area contributed by atoms with Gasteiger partial charge in [-0.15, -0.1) is 0 Å². The summed E-state index contributed by atoms with van der Waals surface area (Å²) < 4.78 is 0. The number of para-hydroxylation sites is 1. The van der Waals surface area contributed by atoms with Gasteiger partial charge in [0.05, 0.1) is 5.69 Å². The summed E-state index contributed by atoms with van der Waals surface area (Å²) in [6.45, 7) is 2.65. The van der Waals surface area contributed by atoms with Crippen LogP contribution in [0.4, 0.5) is 17.5 Å². The Kier molecular flexibility index (Phi) is 2.60. The predicted octanol–water partition coefficient (Wildman–Crippen LogP) is 1.40. The zero-order chi connectivity index (χ0) is 13.5. The Balaban J connectivity index is 1.79. The zero-order valence-electron chi connectivity index (χ0n) is 11.3. The van der Waals surface area contributed by atoms with Gasteiger partial charge in [-0.3, -0.25) is 0 Å². The number of hydrogen-bond acceptors (Lipinski definition) is 5. The van der Waals surface area contributed by atoms with Gasteiger partial charge in [0.2, 0.25) is 5.95 Å². The summed E-state index contributed by atoms with van der Waals surface area (Å²) in [5.41, 5.74) is 10.8. The fourth-order valence-corrected chi connectivity index (χ4v) is 3.04. The molecule has 2 aliphatic rings. The van der Waals surface area contributed by atoms with Crippen molar-refractivity contribution >= 4 is 17.5 Å². The first-order valence-corrected chi connectivity index (χ1v) is 7.04. The molecule has 1 aromatic carbocycles. The molecule has 2 aliphatic heterocycles. The third kappa shape index (κ3) is 1.74. The molecule has 0 amide bonds. The maximum atomic E-state index is 6.12. The summed E-state index contributed by atoms with van der Waals surface area (Å²) in [4.78, 5) is 11.4. The normalized spacial score (nSPS) is 16.9. The molecule has 5 heteroatoms. The van der Waals surface area contributed by atoms with Crippen LogP contribution < -0.4 is 16.0 Å². The molecule has 20 heavy (non-hydrogen) atoms. The monoisotopic (exact) mass is 267 g/mol. The van der Waals surface area contributed by atoms with E-state index in [-0.39, 0.29) is 0 Å². The van der Waals surface area contributed by atoms with E-state index in [2.05, 4.69) is 39.5 Å². The number of anilines is 3. The molecule has 0 aliphatic carbocycles. The van der Waals surface area contributed by atoms with Crippen molar-refractivity contribution in [2.24, 2.45) is 0 Å². The highest BCUT2D eigenvalue weighted by Gasteiger charge is 2.24. The molecule has 0 unspecified atom stereocenters. The third-order valence-electron chi connectivity index (χ3n) is 4.09. The second kappa shape index (κ2) is 4.45. The van der Waals surface area contributed by atoms with Gasteiger partial charge in [0, 0.05) is 24.3 Å². The lowest BCUT2D eigenvalue weighted by Crippen LogP contribution is -2.28. The Labute approximate surface area is 117 Å². The number of nitrogens with one attached hydrogen (secondary N) is 1. The van der Waals surface area contributed by atoms with Gasteiger partial charge >= 0.3 is 0 Å². The van der Waals surface area contributed by atoms with Gasteiger partial charge in [0.25, 0.3) is 0 Å². The largest absolute Gasteiger partial charge is 0.383 e. The Morgan fingerprint density at radius 1 is 1.15 bits per heavy atom. The minimum absolute atomic E-state index is 0.635. The van der Waals surface area contributed by atoms with E-state index >= 15 is 0 Å². The summed E-state index contributed by atoms with van der Waals surface area (Å²) in [5, 5.41) is 3.34. The highest BCUT2D eigenvalue weighted by molar-refractivity contribution is 5.66. The van der Waals surface area contributed by atoms with E-state index in [1.165, 1.54) is 11.3 Å². The molecule has 3 N–H and O–H groups in total. The van der Waals surface area contributed by atoms with Crippen LogP contribution in [0, 0.1) is 0 Å². The standard InChI is InChI=1S/C15H17N5/c16-14-11-5-7-17-9-12(11)18-15(19-14)20-8-6-10-3-1-2-4-13(10)20/h1-4,17H,5-9H2,(H2,16,18,19). The lowest BCUT2D eigenvalue weighted by atomic mass is 10.1. The number of benzene rings is 1. The van der Waals surface area contributed by atoms with Crippen LogP contribution in [0.1, 0.15) is 16.8 Å². The van der Waals surface area contributed by atoms with E-state index in [4.69, 9.17) is 10.7 Å². The number of aromatic nitrogens is 2. The van der Waals surface area contributed by atoms with Crippen LogP contribution in [-0.4, -0.2) is 23.1 Å². The second-order valence-electron chi connectivity index (χ2n) is 5.29. The lowest BCUT2D eigenvalue weighted by Gasteiger charge is -2.22. The summed E-state index contributed by atoms with van der Waals surface area (Å²) in [7, 11) is 0. The second-order valence-corrected chi connectivity index (χ2v) is 5.29. The molecular weight excluding hydrogens is 250 g/mol. The first-order valence-electron chi connectivity index (χ1n) is 7.04. The van der Waals surface area contributed by atoms with Crippen LogP contribution in [0.3, 0.4) is 0 Å². The smallest absolute Gasteiger partial charge is 0.232 e. The molecular formula is C15H17N5. The van der Waals surface area contributed by atoms with Crippen LogP contribution in [0.15, 0.2) is 24.3 Å². The molecule has 0 fully saturated rings. The number of hydrogen-bond donors (Lipinski definition) is 2. The Bertz CT molecular complexity index is 667. The SMILES string of the molecule is Nc1nc(N2CCc3ccccc32)nc2c1CCNC2. The molecule has 5 nitrogen and oxygen atoms in total. The van der Waals surface area contributed by atoms with Crippen LogP contribution in [-0.2, 0) is 19.4 Å². The first-order chi connectivity index (χ1) is 9.83. The fourth-order valence-electron chi connectivity index (χ4n) is 3.04. The number of fused-ring (bicyclic) bond motifs is 2. The Morgan fingerprint density at radius 3 is 3.00 bits per heavy atom. The average molecular weight is 267 g/mol. The van der Waals surface area contributed by atoms with Gasteiger partial charge in [0.15, 0.2) is 0 Å². The van der Waals surface area contributed by atoms with Crippen molar-refractivity contribution in [3.8, 4) is 0 Å². The first kappa shape index (κ1) is 11.7. The molecule has 102 valence electrons. The van der Waals surface area contributed by atoms with Gasteiger partial charge in [-0.05, 0) is 31.0 Å². The Hall–Kier alpha value is -2.14. The highest BCUT2D eigenvalue weighted by Crippen LogP contribution is 2.33. The average Bonchev–Trinajstić information content (AvgIpc) is 2.91. The van der Waals surface area contributed by atoms with Crippen LogP contribution in [0.25, 0.3) is 0 Å². The molecule has 0 bridgehead atoms. The van der Waals surface area contributed by atoms with Crippen LogP contribution in [0.5, 0.6) is 0 Å². The summed E-state index contributed by atoms with van der Waals surface area (Å²) in [5.74, 6) is 1.37. The van der Waals surface area contributed by atoms with E-state index in [1.54, 1.807) is 0 Å². The predicted molar refractivity (Wildman–Crippen MR) is 79.0 cm³/mol. The Morgan fingerprint density at radius 2 is 2.05 bits per heavy atom. The maximum absolute atomic E-state index is 6.12. The topological polar surface area (TPSA) is 67.1 Å². The molecule has 0 spiro atoms. The van der Waals surface area contributed by atoms with Crippen molar-refractivity contribution < 1.29 is 0 Å². The molecule has 0 saturated carbocycles. The molecule has 0 atom stereocenters. The van der Waals surface area contributed by atoms with E-state index in [9.17, 15) is 0 Å². The maximum Gasteiger partial charge on any atom is 0.232 e. The van der Waals surface area contributed by atoms with Crippen molar-refractivity contribution in [2.75, 3.05) is 23.7 Å². The lowest BCUT2D eigenvalue weighted by molar-refractivity contribution is 0.624. The van der Waals surface area contributed by atoms with Crippen molar-refractivity contribution in [2.45, 2.75) is 19.4 Å². The van der Waals surface area contributed by atoms with E-state index in [0.717, 1.165) is 49.7 Å². The molecule has 0 radical (unpaired) electrons. The fraction of sp³-hybridized carbons (Fsp3) is 0.333. The van der Waals surface area contributed by atoms with Gasteiger partial charge < -0.3 is 16.0 Å². The quantitative estimate of drug-likeness (QED) is 0.817. The number of nitrogens with two attached hydrogens (primary N) is 1. The minimum atomic E-state index is 0.635. The zero-order valence-corrected chi connectivity index (χ0v) is 11.3. The van der Waals surface area contributed by atoms with Gasteiger partial charge in [-0.1, -0.05) is 18.2 Å². The van der Waals surface area contributed by atoms with Crippen LogP contribution in [0.2, 0.25) is 0 Å². The van der Waals surface area contributed by atoms with Crippen molar-refractivity contribution in [3.63, 3.8) is 0 Å². The van der Waals surface area contributed by atoms with Crippen molar-refractivity contribution in [3.05, 3.63) is 41.1 Å².